The second kappa shape index (κ2) is 14.9. The first kappa shape index (κ1) is 33.7. The molecule has 5 rings (SSSR count). The van der Waals surface area contributed by atoms with Gasteiger partial charge in [0.1, 0.15) is 11.9 Å². The van der Waals surface area contributed by atoms with Crippen molar-refractivity contribution in [3.05, 3.63) is 51.4 Å². The average Bonchev–Trinajstić information content (AvgIpc) is 3.67. The maximum absolute atomic E-state index is 13.8. The number of hydrogen-bond acceptors (Lipinski definition) is 9. The molecule has 1 saturated carbocycles. The maximum atomic E-state index is 13.8. The van der Waals surface area contributed by atoms with E-state index >= 15 is 0 Å². The number of nitrogens with zero attached hydrogens (tertiary/aromatic N) is 2. The van der Waals surface area contributed by atoms with E-state index in [9.17, 15) is 14.4 Å². The molecule has 2 aromatic carbocycles. The quantitative estimate of drug-likeness (QED) is 0.208. The molecule has 3 aromatic rings. The molecular formula is C35H46N6O6. The van der Waals surface area contributed by atoms with E-state index in [0.29, 0.717) is 41.2 Å². The summed E-state index contributed by atoms with van der Waals surface area (Å²) < 4.78 is 17.2. The summed E-state index contributed by atoms with van der Waals surface area (Å²) in [6.45, 7) is 5.26. The van der Waals surface area contributed by atoms with Crippen LogP contribution < -0.4 is 35.6 Å². The third-order valence-electron chi connectivity index (χ3n) is 9.21. The van der Waals surface area contributed by atoms with Crippen molar-refractivity contribution >= 4 is 23.5 Å². The molecule has 1 aromatic heterocycles. The summed E-state index contributed by atoms with van der Waals surface area (Å²) in [6, 6.07) is 5.74. The van der Waals surface area contributed by atoms with Crippen molar-refractivity contribution in [2.75, 3.05) is 32.0 Å². The van der Waals surface area contributed by atoms with Crippen LogP contribution in [0.2, 0.25) is 0 Å². The number of anilines is 2. The van der Waals surface area contributed by atoms with Crippen molar-refractivity contribution < 1.29 is 23.8 Å². The van der Waals surface area contributed by atoms with Crippen LogP contribution in [0.3, 0.4) is 0 Å². The molecule has 4 N–H and O–H groups in total. The number of aromatic nitrogens is 3. The molecule has 0 bridgehead atoms. The predicted molar refractivity (Wildman–Crippen MR) is 180 cm³/mol. The molecule has 0 unspecified atom stereocenters. The van der Waals surface area contributed by atoms with Gasteiger partial charge in [-0.15, -0.1) is 5.10 Å². The van der Waals surface area contributed by atoms with Crippen LogP contribution in [0.15, 0.2) is 29.1 Å². The van der Waals surface area contributed by atoms with Gasteiger partial charge in [-0.3, -0.25) is 24.8 Å². The Hall–Kier alpha value is -4.61. The minimum absolute atomic E-state index is 0.178. The highest BCUT2D eigenvalue weighted by molar-refractivity contribution is 5.95. The van der Waals surface area contributed by atoms with Gasteiger partial charge >= 0.3 is 0 Å². The highest BCUT2D eigenvalue weighted by atomic mass is 16.5. The van der Waals surface area contributed by atoms with Crippen LogP contribution in [-0.4, -0.2) is 54.4 Å². The van der Waals surface area contributed by atoms with Crippen molar-refractivity contribution in [2.45, 2.75) is 84.2 Å². The number of fused-ring (bicyclic) bond motifs is 3. The van der Waals surface area contributed by atoms with Gasteiger partial charge in [0, 0.05) is 18.9 Å². The molecule has 1 heterocycles. The molecular weight excluding hydrogens is 600 g/mol. The zero-order valence-corrected chi connectivity index (χ0v) is 28.1. The summed E-state index contributed by atoms with van der Waals surface area (Å²) in [6.07, 6.45) is 8.09. The fraction of sp³-hybridized carbons (Fsp3) is 0.514. The van der Waals surface area contributed by atoms with E-state index in [1.165, 1.54) is 38.7 Å². The molecule has 0 spiro atoms. The number of rotatable bonds is 12. The van der Waals surface area contributed by atoms with Crippen LogP contribution in [0.5, 0.6) is 17.2 Å². The molecule has 0 saturated heterocycles. The lowest BCUT2D eigenvalue weighted by molar-refractivity contribution is -0.120. The van der Waals surface area contributed by atoms with E-state index < -0.39 is 12.1 Å². The summed E-state index contributed by atoms with van der Waals surface area (Å²) in [5.74, 6) is 2.36. The Morgan fingerprint density at radius 2 is 1.77 bits per heavy atom. The van der Waals surface area contributed by atoms with E-state index in [4.69, 9.17) is 14.2 Å². The summed E-state index contributed by atoms with van der Waals surface area (Å²) in [7, 11) is 4.66. The van der Waals surface area contributed by atoms with Crippen molar-refractivity contribution in [1.82, 2.24) is 20.5 Å². The van der Waals surface area contributed by atoms with Crippen LogP contribution in [0, 0.1) is 11.8 Å². The number of hydrogen-bond donors (Lipinski definition) is 4. The number of H-pyrrole nitrogens is 1. The first-order chi connectivity index (χ1) is 22.6. The summed E-state index contributed by atoms with van der Waals surface area (Å²) in [5.41, 5.74) is 2.93. The first-order valence-corrected chi connectivity index (χ1v) is 16.4. The van der Waals surface area contributed by atoms with Crippen molar-refractivity contribution in [2.24, 2.45) is 11.8 Å². The molecule has 2 aliphatic carbocycles. The van der Waals surface area contributed by atoms with E-state index in [-0.39, 0.29) is 34.8 Å². The van der Waals surface area contributed by atoms with Crippen LogP contribution in [0.1, 0.15) is 82.3 Å². The van der Waals surface area contributed by atoms with Gasteiger partial charge in [-0.25, -0.2) is 0 Å². The topological polar surface area (TPSA) is 157 Å². The second-order valence-corrected chi connectivity index (χ2v) is 12.7. The number of aryl methyl sites for hydroxylation is 2. The first-order valence-electron chi connectivity index (χ1n) is 16.4. The van der Waals surface area contributed by atoms with Gasteiger partial charge in [0.2, 0.25) is 28.9 Å². The highest BCUT2D eigenvalue weighted by Crippen LogP contribution is 2.50. The summed E-state index contributed by atoms with van der Waals surface area (Å²) in [4.78, 5) is 44.1. The van der Waals surface area contributed by atoms with Gasteiger partial charge in [0.15, 0.2) is 11.5 Å². The van der Waals surface area contributed by atoms with Gasteiger partial charge in [-0.1, -0.05) is 45.6 Å². The fourth-order valence-corrected chi connectivity index (χ4v) is 6.82. The number of benzene rings is 1. The third-order valence-corrected chi connectivity index (χ3v) is 9.21. The number of carbonyl (C=O) groups is 2. The molecule has 12 nitrogen and oxygen atoms in total. The van der Waals surface area contributed by atoms with Crippen LogP contribution in [-0.2, 0) is 22.4 Å². The third kappa shape index (κ3) is 7.52. The van der Waals surface area contributed by atoms with E-state index in [2.05, 4.69) is 31.1 Å². The minimum atomic E-state index is -0.761. The Morgan fingerprint density at radius 1 is 1.02 bits per heavy atom. The number of amides is 2. The van der Waals surface area contributed by atoms with Crippen molar-refractivity contribution in [1.29, 1.82) is 0 Å². The SMILES string of the molecule is COc1cc2c(c(OC)c1OC)-c1ccc(N[C@H](C(=O)Nc3n[nH]c(CCC4CCCC4)n3)C(C)C)c(=O)cc1[C@@H](NC(C)=O)CC2. The smallest absolute Gasteiger partial charge is 0.249 e. The number of nitrogens with one attached hydrogen (secondary N) is 4. The molecule has 12 heteroatoms. The Morgan fingerprint density at radius 3 is 2.43 bits per heavy atom. The van der Waals surface area contributed by atoms with Crippen LogP contribution in [0.4, 0.5) is 11.6 Å². The predicted octanol–water partition coefficient (Wildman–Crippen LogP) is 5.18. The lowest BCUT2D eigenvalue weighted by atomic mass is 9.95. The lowest BCUT2D eigenvalue weighted by Gasteiger charge is -2.21. The second-order valence-electron chi connectivity index (χ2n) is 12.7. The molecule has 47 heavy (non-hydrogen) atoms. The zero-order chi connectivity index (χ0) is 33.7. The van der Waals surface area contributed by atoms with E-state index in [1.54, 1.807) is 27.4 Å². The Labute approximate surface area is 275 Å². The normalized spacial score (nSPS) is 16.4. The number of methoxy groups -OCH3 is 3. The van der Waals surface area contributed by atoms with E-state index in [1.807, 2.05) is 26.0 Å². The molecule has 252 valence electrons. The molecule has 2 aliphatic rings. The van der Waals surface area contributed by atoms with Gasteiger partial charge in [0.05, 0.1) is 33.1 Å². The number of ether oxygens (including phenoxy) is 3. The maximum Gasteiger partial charge on any atom is 0.249 e. The molecule has 2 amide bonds. The monoisotopic (exact) mass is 646 g/mol. The summed E-state index contributed by atoms with van der Waals surface area (Å²) >= 11 is 0. The Balaban J connectivity index is 1.47. The van der Waals surface area contributed by atoms with Crippen LogP contribution in [0.25, 0.3) is 11.1 Å². The molecule has 1 fully saturated rings. The minimum Gasteiger partial charge on any atom is -0.493 e. The molecule has 0 aliphatic heterocycles. The highest BCUT2D eigenvalue weighted by Gasteiger charge is 2.30. The van der Waals surface area contributed by atoms with Gasteiger partial charge in [-0.05, 0) is 66.0 Å². The van der Waals surface area contributed by atoms with Crippen molar-refractivity contribution in [3.8, 4) is 28.4 Å². The van der Waals surface area contributed by atoms with Crippen LogP contribution >= 0.6 is 0 Å². The Bertz CT molecular complexity index is 1660. The standard InChI is InChI=1S/C35H46N6O6/c1-19(2)31(34(44)39-35-38-29(40-41-35)16-11-21-9-7-8-10-21)37-26-15-13-23-24(18-27(26)43)25(36-20(3)42)14-12-22-17-28(45-4)32(46-5)33(47-6)30(22)23/h13,15,17-19,21,25,31H,7-12,14,16H2,1-6H3,(H,36,42)(H,37,43)(H2,38,39,40,41,44)/t25-,31-/m0/s1. The average molecular weight is 647 g/mol. The van der Waals surface area contributed by atoms with Gasteiger partial charge < -0.3 is 24.8 Å². The van der Waals surface area contributed by atoms with Gasteiger partial charge in [-0.2, -0.15) is 4.98 Å². The van der Waals surface area contributed by atoms with E-state index in [0.717, 1.165) is 35.7 Å². The largest absolute Gasteiger partial charge is 0.493 e. The zero-order valence-electron chi connectivity index (χ0n) is 28.1. The summed E-state index contributed by atoms with van der Waals surface area (Å²) in [5, 5.41) is 16.2. The van der Waals surface area contributed by atoms with Crippen molar-refractivity contribution in [3.63, 3.8) is 0 Å². The number of carbonyl (C=O) groups excluding carboxylic acids is 2. The number of aromatic amines is 1. The Kier molecular flexibility index (Phi) is 10.7. The fourth-order valence-electron chi connectivity index (χ4n) is 6.82. The molecule has 2 atom stereocenters. The van der Waals surface area contributed by atoms with Gasteiger partial charge in [0.25, 0.3) is 0 Å². The lowest BCUT2D eigenvalue weighted by Crippen LogP contribution is -2.40. The molecule has 0 radical (unpaired) electrons.